The van der Waals surface area contributed by atoms with Crippen LogP contribution in [0.15, 0.2) is 109 Å². The fourth-order valence-electron chi connectivity index (χ4n) is 6.63. The molecule has 0 saturated heterocycles. The van der Waals surface area contributed by atoms with Gasteiger partial charge in [-0.15, -0.1) is 0 Å². The number of ether oxygens (including phenoxy) is 2. The van der Waals surface area contributed by atoms with Gasteiger partial charge in [0.2, 0.25) is 0 Å². The van der Waals surface area contributed by atoms with Gasteiger partial charge >= 0.3 is 6.03 Å². The van der Waals surface area contributed by atoms with E-state index in [0.717, 1.165) is 61.9 Å². The molecule has 5 aromatic rings. The summed E-state index contributed by atoms with van der Waals surface area (Å²) in [6.45, 7) is 3.35. The fourth-order valence-corrected chi connectivity index (χ4v) is 6.63. The maximum absolute atomic E-state index is 12.7. The van der Waals surface area contributed by atoms with Gasteiger partial charge in [0.25, 0.3) is 0 Å². The van der Waals surface area contributed by atoms with Crippen LogP contribution in [-0.4, -0.2) is 49.8 Å². The normalized spacial score (nSPS) is 14.3. The highest BCUT2D eigenvalue weighted by atomic mass is 16.5. The Morgan fingerprint density at radius 3 is 2.09 bits per heavy atom. The maximum atomic E-state index is 12.7. The summed E-state index contributed by atoms with van der Waals surface area (Å²) in [5.41, 5.74) is 9.25. The number of fused-ring (bicyclic) bond motifs is 2. The van der Waals surface area contributed by atoms with Crippen LogP contribution in [0.3, 0.4) is 0 Å². The number of carbonyl (C=O) groups excluding carboxylic acids is 1. The number of methoxy groups -OCH3 is 2. The molecule has 7 nitrogen and oxygen atoms in total. The molecule has 47 heavy (non-hydrogen) atoms. The Labute approximate surface area is 277 Å². The van der Waals surface area contributed by atoms with Gasteiger partial charge in [0, 0.05) is 64.8 Å². The van der Waals surface area contributed by atoms with E-state index in [1.807, 2.05) is 44.6 Å². The monoisotopic (exact) mass is 628 g/mol. The largest absolute Gasteiger partial charge is 0.376 e. The average molecular weight is 629 g/mol. The van der Waals surface area contributed by atoms with E-state index in [2.05, 4.69) is 93.3 Å². The highest BCUT2D eigenvalue weighted by molar-refractivity contribution is 6.00. The van der Waals surface area contributed by atoms with Crippen LogP contribution in [0, 0.1) is 0 Å². The molecule has 7 heteroatoms. The van der Waals surface area contributed by atoms with Crippen LogP contribution >= 0.6 is 0 Å². The molecule has 6 rings (SSSR count). The van der Waals surface area contributed by atoms with Gasteiger partial charge in [0.1, 0.15) is 0 Å². The first kappa shape index (κ1) is 32.4. The van der Waals surface area contributed by atoms with Crippen molar-refractivity contribution in [1.82, 2.24) is 15.2 Å². The Hall–Kier alpha value is -4.56. The lowest BCUT2D eigenvalue weighted by atomic mass is 9.86. The number of hydrogen-bond acceptors (Lipinski definition) is 5. The summed E-state index contributed by atoms with van der Waals surface area (Å²) in [6, 6.07) is 35.3. The third-order valence-electron chi connectivity index (χ3n) is 9.12. The Morgan fingerprint density at radius 2 is 1.43 bits per heavy atom. The van der Waals surface area contributed by atoms with Crippen molar-refractivity contribution >= 4 is 22.6 Å². The molecule has 0 saturated carbocycles. The highest BCUT2D eigenvalue weighted by Gasteiger charge is 2.26. The van der Waals surface area contributed by atoms with Crippen LogP contribution in [0.4, 0.5) is 10.5 Å². The number of nitrogens with zero attached hydrogens (tertiary/aromatic N) is 2. The van der Waals surface area contributed by atoms with Crippen LogP contribution in [0.5, 0.6) is 0 Å². The van der Waals surface area contributed by atoms with Gasteiger partial charge < -0.3 is 20.1 Å². The number of urea groups is 1. The number of anilines is 1. The summed E-state index contributed by atoms with van der Waals surface area (Å²) in [4.78, 5) is 19.5. The number of amides is 2. The maximum Gasteiger partial charge on any atom is 0.319 e. The van der Waals surface area contributed by atoms with E-state index in [0.29, 0.717) is 6.54 Å². The molecular formula is C40H44N4O3. The third-order valence-corrected chi connectivity index (χ3v) is 9.12. The smallest absolute Gasteiger partial charge is 0.319 e. The standard InChI is InChI=1S/C40H44N4O3/c1-46-38(24-29-12-5-3-6-13-29)34-26-31-19-23-44(28-32(31)27-35(34)39(47-2)25-30-14-7-4-8-15-30)22-11-20-42-40(45)43-37-18-21-41-36-17-10-9-16-33(36)37/h3-10,12-18,21,26-27,38-39H,11,19-20,22-25,28H2,1-2H3,(H2,41,42,43,45). The number of nitrogens with one attached hydrogen (secondary N) is 2. The number of rotatable bonds is 13. The Balaban J connectivity index is 1.13. The molecule has 0 aliphatic carbocycles. The van der Waals surface area contributed by atoms with E-state index in [4.69, 9.17) is 9.47 Å². The molecule has 4 aromatic carbocycles. The van der Waals surface area contributed by atoms with Crippen molar-refractivity contribution in [2.24, 2.45) is 0 Å². The number of carbonyl (C=O) groups is 1. The predicted molar refractivity (Wildman–Crippen MR) is 189 cm³/mol. The van der Waals surface area contributed by atoms with Crippen molar-refractivity contribution in [2.75, 3.05) is 39.2 Å². The second kappa shape index (κ2) is 15.8. The van der Waals surface area contributed by atoms with Gasteiger partial charge in [-0.05, 0) is 58.4 Å². The number of aromatic nitrogens is 1. The predicted octanol–water partition coefficient (Wildman–Crippen LogP) is 7.67. The molecule has 2 N–H and O–H groups in total. The summed E-state index contributed by atoms with van der Waals surface area (Å²) in [5, 5.41) is 6.94. The Morgan fingerprint density at radius 1 is 0.809 bits per heavy atom. The molecular weight excluding hydrogens is 584 g/mol. The van der Waals surface area contributed by atoms with E-state index in [1.54, 1.807) is 6.20 Å². The van der Waals surface area contributed by atoms with Gasteiger partial charge in [-0.3, -0.25) is 9.88 Å². The summed E-state index contributed by atoms with van der Waals surface area (Å²) in [5.74, 6) is 0. The van der Waals surface area contributed by atoms with Crippen molar-refractivity contribution in [1.29, 1.82) is 0 Å². The Bertz CT molecular complexity index is 1760. The lowest BCUT2D eigenvalue weighted by Gasteiger charge is -2.32. The van der Waals surface area contributed by atoms with Gasteiger partial charge in [0.05, 0.1) is 23.4 Å². The number of benzene rings is 4. The van der Waals surface area contributed by atoms with E-state index in [-0.39, 0.29) is 18.2 Å². The van der Waals surface area contributed by atoms with Gasteiger partial charge in [0.15, 0.2) is 0 Å². The summed E-state index contributed by atoms with van der Waals surface area (Å²) in [6.07, 6.45) is 4.97. The van der Waals surface area contributed by atoms with Crippen molar-refractivity contribution in [2.45, 2.75) is 44.4 Å². The molecule has 0 fully saturated rings. The molecule has 242 valence electrons. The lowest BCUT2D eigenvalue weighted by Crippen LogP contribution is -2.35. The number of pyridine rings is 1. The van der Waals surface area contributed by atoms with E-state index in [1.165, 1.54) is 33.4 Å². The molecule has 2 unspecified atom stereocenters. The second-order valence-electron chi connectivity index (χ2n) is 12.2. The molecule has 0 bridgehead atoms. The van der Waals surface area contributed by atoms with E-state index >= 15 is 0 Å². The average Bonchev–Trinajstić information content (AvgIpc) is 3.12. The lowest BCUT2D eigenvalue weighted by molar-refractivity contribution is 0.0841. The first-order valence-corrected chi connectivity index (χ1v) is 16.5. The van der Waals surface area contributed by atoms with Crippen LogP contribution in [-0.2, 0) is 35.3 Å². The fraction of sp³-hybridized carbons (Fsp3) is 0.300. The minimum atomic E-state index is -0.199. The zero-order chi connectivity index (χ0) is 32.4. The van der Waals surface area contributed by atoms with Crippen molar-refractivity contribution in [3.05, 3.63) is 143 Å². The SMILES string of the molecule is COC(Cc1ccccc1)c1cc2c(cc1C(Cc1ccccc1)OC)CN(CCCNC(=O)Nc1ccnc3ccccc13)CC2. The number of hydrogen-bond donors (Lipinski definition) is 2. The summed E-state index contributed by atoms with van der Waals surface area (Å²) in [7, 11) is 3.62. The molecule has 1 aliphatic rings. The molecule has 2 atom stereocenters. The molecule has 1 aromatic heterocycles. The third kappa shape index (κ3) is 8.24. The van der Waals surface area contributed by atoms with Gasteiger partial charge in [-0.1, -0.05) is 91.0 Å². The first-order chi connectivity index (χ1) is 23.1. The van der Waals surface area contributed by atoms with Crippen LogP contribution < -0.4 is 10.6 Å². The molecule has 0 radical (unpaired) electrons. The zero-order valence-corrected chi connectivity index (χ0v) is 27.3. The summed E-state index contributed by atoms with van der Waals surface area (Å²) >= 11 is 0. The van der Waals surface area contributed by atoms with Crippen molar-refractivity contribution in [3.63, 3.8) is 0 Å². The van der Waals surface area contributed by atoms with Gasteiger partial charge in [-0.2, -0.15) is 0 Å². The summed E-state index contributed by atoms with van der Waals surface area (Å²) < 4.78 is 12.4. The number of para-hydroxylation sites is 1. The van der Waals surface area contributed by atoms with Gasteiger partial charge in [-0.25, -0.2) is 4.79 Å². The topological polar surface area (TPSA) is 75.7 Å². The molecule has 1 aliphatic heterocycles. The van der Waals surface area contributed by atoms with E-state index < -0.39 is 0 Å². The minimum absolute atomic E-state index is 0.0773. The van der Waals surface area contributed by atoms with Crippen LogP contribution in [0.25, 0.3) is 10.9 Å². The van der Waals surface area contributed by atoms with E-state index in [9.17, 15) is 4.79 Å². The molecule has 0 spiro atoms. The minimum Gasteiger partial charge on any atom is -0.376 e. The Kier molecular flexibility index (Phi) is 10.9. The zero-order valence-electron chi connectivity index (χ0n) is 27.3. The quantitative estimate of drug-likeness (QED) is 0.131. The second-order valence-corrected chi connectivity index (χ2v) is 12.2. The van der Waals surface area contributed by atoms with Crippen molar-refractivity contribution in [3.8, 4) is 0 Å². The highest BCUT2D eigenvalue weighted by Crippen LogP contribution is 2.36. The van der Waals surface area contributed by atoms with Crippen molar-refractivity contribution < 1.29 is 14.3 Å². The first-order valence-electron chi connectivity index (χ1n) is 16.5. The molecule has 2 amide bonds. The van der Waals surface area contributed by atoms with Crippen LogP contribution in [0.1, 0.15) is 52.0 Å². The molecule has 2 heterocycles. The van der Waals surface area contributed by atoms with Crippen LogP contribution in [0.2, 0.25) is 0 Å².